The molecular weight excluding hydrogens is 316 g/mol. The van der Waals surface area contributed by atoms with Crippen molar-refractivity contribution in [2.75, 3.05) is 39.8 Å². The van der Waals surface area contributed by atoms with E-state index in [-0.39, 0.29) is 0 Å². The molecule has 1 saturated heterocycles. The third-order valence-corrected chi connectivity index (χ3v) is 4.46. The Morgan fingerprint density at radius 1 is 1.45 bits per heavy atom. The van der Waals surface area contributed by atoms with Gasteiger partial charge in [-0.25, -0.2) is 0 Å². The zero-order valence-corrected chi connectivity index (χ0v) is 14.1. The van der Waals surface area contributed by atoms with Crippen LogP contribution in [0, 0.1) is 0 Å². The van der Waals surface area contributed by atoms with E-state index in [2.05, 4.69) is 39.7 Å². The average molecular weight is 341 g/mol. The van der Waals surface area contributed by atoms with Crippen LogP contribution >= 0.6 is 15.9 Å². The Kier molecular flexibility index (Phi) is 6.33. The van der Waals surface area contributed by atoms with E-state index in [4.69, 9.17) is 4.74 Å². The summed E-state index contributed by atoms with van der Waals surface area (Å²) >= 11 is 3.46. The van der Waals surface area contributed by atoms with Gasteiger partial charge in [0.2, 0.25) is 0 Å². The number of halogens is 1. The van der Waals surface area contributed by atoms with Crippen molar-refractivity contribution in [2.45, 2.75) is 25.8 Å². The summed E-state index contributed by atoms with van der Waals surface area (Å²) < 4.78 is 6.85. The summed E-state index contributed by atoms with van der Waals surface area (Å²) in [5.41, 5.74) is 0. The number of hydrogen-bond donors (Lipinski definition) is 0. The smallest absolute Gasteiger partial charge is 0.120 e. The molecule has 1 aliphatic rings. The zero-order chi connectivity index (χ0) is 14.4. The summed E-state index contributed by atoms with van der Waals surface area (Å²) in [5.74, 6) is 0.934. The van der Waals surface area contributed by atoms with Crippen LogP contribution < -0.4 is 4.74 Å². The molecule has 0 amide bonds. The predicted octanol–water partition coefficient (Wildman–Crippen LogP) is 3.24. The van der Waals surface area contributed by atoms with Crippen molar-refractivity contribution in [1.82, 2.24) is 9.80 Å². The highest BCUT2D eigenvalue weighted by Gasteiger charge is 2.23. The van der Waals surface area contributed by atoms with Gasteiger partial charge in [0.15, 0.2) is 0 Å². The van der Waals surface area contributed by atoms with Crippen LogP contribution in [0.1, 0.15) is 19.8 Å². The van der Waals surface area contributed by atoms with Crippen LogP contribution in [0.25, 0.3) is 0 Å². The monoisotopic (exact) mass is 340 g/mol. The largest absolute Gasteiger partial charge is 0.492 e. The summed E-state index contributed by atoms with van der Waals surface area (Å²) in [4.78, 5) is 4.97. The highest BCUT2D eigenvalue weighted by Crippen LogP contribution is 2.18. The molecule has 0 aliphatic carbocycles. The lowest BCUT2D eigenvalue weighted by Gasteiger charge is -2.27. The molecule has 1 atom stereocenters. The molecule has 0 radical (unpaired) electrons. The second kappa shape index (κ2) is 8.01. The zero-order valence-electron chi connectivity index (χ0n) is 12.5. The maximum Gasteiger partial charge on any atom is 0.120 e. The number of hydrogen-bond acceptors (Lipinski definition) is 3. The second-order valence-electron chi connectivity index (χ2n) is 5.49. The van der Waals surface area contributed by atoms with E-state index in [0.717, 1.165) is 36.0 Å². The summed E-state index contributed by atoms with van der Waals surface area (Å²) in [6.45, 7) is 7.56. The number of rotatable bonds is 7. The van der Waals surface area contributed by atoms with Crippen LogP contribution in [0.4, 0.5) is 0 Å². The van der Waals surface area contributed by atoms with Crippen molar-refractivity contribution >= 4 is 15.9 Å². The fraction of sp³-hybridized carbons (Fsp3) is 0.625. The van der Waals surface area contributed by atoms with Gasteiger partial charge in [0.1, 0.15) is 12.4 Å². The van der Waals surface area contributed by atoms with Crippen LogP contribution in [-0.4, -0.2) is 55.7 Å². The molecule has 0 bridgehead atoms. The van der Waals surface area contributed by atoms with Crippen LogP contribution in [0.2, 0.25) is 0 Å². The summed E-state index contributed by atoms with van der Waals surface area (Å²) in [5, 5.41) is 0. The van der Waals surface area contributed by atoms with Gasteiger partial charge in [-0.15, -0.1) is 0 Å². The van der Waals surface area contributed by atoms with Crippen molar-refractivity contribution in [3.8, 4) is 5.75 Å². The van der Waals surface area contributed by atoms with Crippen LogP contribution in [0.5, 0.6) is 5.75 Å². The molecule has 4 heteroatoms. The maximum absolute atomic E-state index is 5.79. The molecule has 1 fully saturated rings. The second-order valence-corrected chi connectivity index (χ2v) is 6.41. The standard InChI is InChI=1S/C16H25BrN2O/c1-3-19-9-5-7-15(19)13-18(2)10-11-20-16-8-4-6-14(17)12-16/h4,6,8,12,15H,3,5,7,9-11,13H2,1-2H3. The molecule has 1 aromatic carbocycles. The number of benzene rings is 1. The molecule has 0 N–H and O–H groups in total. The molecule has 1 heterocycles. The van der Waals surface area contributed by atoms with E-state index < -0.39 is 0 Å². The number of likely N-dealkylation sites (N-methyl/N-ethyl adjacent to an activating group) is 2. The minimum atomic E-state index is 0.732. The number of likely N-dealkylation sites (tertiary alicyclic amines) is 1. The van der Waals surface area contributed by atoms with E-state index in [1.165, 1.54) is 25.9 Å². The predicted molar refractivity (Wildman–Crippen MR) is 87.4 cm³/mol. The molecule has 1 aliphatic heterocycles. The minimum absolute atomic E-state index is 0.732. The maximum atomic E-state index is 5.79. The highest BCUT2D eigenvalue weighted by atomic mass is 79.9. The van der Waals surface area contributed by atoms with Gasteiger partial charge in [-0.05, 0) is 51.2 Å². The van der Waals surface area contributed by atoms with Crippen LogP contribution in [-0.2, 0) is 0 Å². The fourth-order valence-corrected chi connectivity index (χ4v) is 3.22. The molecule has 3 nitrogen and oxygen atoms in total. The summed E-state index contributed by atoms with van der Waals surface area (Å²) in [6, 6.07) is 8.76. The van der Waals surface area contributed by atoms with Gasteiger partial charge < -0.3 is 9.64 Å². The Labute approximate surface area is 131 Å². The van der Waals surface area contributed by atoms with Gasteiger partial charge >= 0.3 is 0 Å². The minimum Gasteiger partial charge on any atom is -0.492 e. The molecule has 2 rings (SSSR count). The Morgan fingerprint density at radius 2 is 2.30 bits per heavy atom. The van der Waals surface area contributed by atoms with Gasteiger partial charge in [-0.3, -0.25) is 4.90 Å². The van der Waals surface area contributed by atoms with Gasteiger partial charge in [0.25, 0.3) is 0 Å². The van der Waals surface area contributed by atoms with Gasteiger partial charge in [-0.1, -0.05) is 28.9 Å². The van der Waals surface area contributed by atoms with E-state index in [1.807, 2.05) is 24.3 Å². The van der Waals surface area contributed by atoms with Crippen molar-refractivity contribution in [2.24, 2.45) is 0 Å². The Morgan fingerprint density at radius 3 is 3.05 bits per heavy atom. The Hall–Kier alpha value is -0.580. The van der Waals surface area contributed by atoms with E-state index >= 15 is 0 Å². The molecule has 112 valence electrons. The molecule has 20 heavy (non-hydrogen) atoms. The van der Waals surface area contributed by atoms with Crippen molar-refractivity contribution in [3.63, 3.8) is 0 Å². The molecule has 0 saturated carbocycles. The third kappa shape index (κ3) is 4.76. The Bertz CT molecular complexity index is 413. The highest BCUT2D eigenvalue weighted by molar-refractivity contribution is 9.10. The Balaban J connectivity index is 1.68. The van der Waals surface area contributed by atoms with Crippen molar-refractivity contribution < 1.29 is 4.74 Å². The first-order chi connectivity index (χ1) is 9.69. The summed E-state index contributed by atoms with van der Waals surface area (Å²) in [7, 11) is 2.19. The normalized spacial score (nSPS) is 19.7. The summed E-state index contributed by atoms with van der Waals surface area (Å²) in [6.07, 6.45) is 2.69. The van der Waals surface area contributed by atoms with E-state index in [9.17, 15) is 0 Å². The molecule has 0 spiro atoms. The lowest BCUT2D eigenvalue weighted by molar-refractivity contribution is 0.177. The third-order valence-electron chi connectivity index (χ3n) is 3.97. The molecule has 1 unspecified atom stereocenters. The van der Waals surface area contributed by atoms with Crippen molar-refractivity contribution in [3.05, 3.63) is 28.7 Å². The average Bonchev–Trinajstić information content (AvgIpc) is 2.86. The van der Waals surface area contributed by atoms with Gasteiger partial charge in [0, 0.05) is 23.6 Å². The SMILES string of the molecule is CCN1CCCC1CN(C)CCOc1cccc(Br)c1. The van der Waals surface area contributed by atoms with Crippen LogP contribution in [0.3, 0.4) is 0 Å². The topological polar surface area (TPSA) is 15.7 Å². The first kappa shape index (κ1) is 15.8. The number of ether oxygens (including phenoxy) is 1. The lowest BCUT2D eigenvalue weighted by Crippen LogP contribution is -2.39. The van der Waals surface area contributed by atoms with E-state index in [1.54, 1.807) is 0 Å². The van der Waals surface area contributed by atoms with Gasteiger partial charge in [-0.2, -0.15) is 0 Å². The van der Waals surface area contributed by atoms with Gasteiger partial charge in [0.05, 0.1) is 0 Å². The molecule has 1 aromatic rings. The fourth-order valence-electron chi connectivity index (χ4n) is 2.85. The quantitative estimate of drug-likeness (QED) is 0.757. The van der Waals surface area contributed by atoms with E-state index in [0.29, 0.717) is 0 Å². The first-order valence-electron chi connectivity index (χ1n) is 7.50. The molecular formula is C16H25BrN2O. The van der Waals surface area contributed by atoms with Crippen molar-refractivity contribution in [1.29, 1.82) is 0 Å². The lowest BCUT2D eigenvalue weighted by atomic mass is 10.2. The first-order valence-corrected chi connectivity index (χ1v) is 8.29. The molecule has 0 aromatic heterocycles. The number of nitrogens with zero attached hydrogens (tertiary/aromatic N) is 2. The van der Waals surface area contributed by atoms with Crippen LogP contribution in [0.15, 0.2) is 28.7 Å².